The highest BCUT2D eigenvalue weighted by molar-refractivity contribution is 7.15. The molecule has 0 aliphatic rings. The summed E-state index contributed by atoms with van der Waals surface area (Å²) in [7, 11) is 0. The van der Waals surface area contributed by atoms with Gasteiger partial charge in [-0.1, -0.05) is 34.6 Å². The molecule has 3 nitrogen and oxygen atoms in total. The van der Waals surface area contributed by atoms with Gasteiger partial charge in [-0.3, -0.25) is 4.90 Å². The number of rotatable bonds is 11. The van der Waals surface area contributed by atoms with E-state index in [1.807, 2.05) is 6.20 Å². The Bertz CT molecular complexity index is 362. The topological polar surface area (TPSA) is 28.2 Å². The van der Waals surface area contributed by atoms with Crippen molar-refractivity contribution in [2.24, 2.45) is 11.8 Å². The molecule has 0 amide bonds. The highest BCUT2D eigenvalue weighted by atomic mass is 32.1. The summed E-state index contributed by atoms with van der Waals surface area (Å²) in [5.41, 5.74) is 0. The number of thiazole rings is 1. The number of hydrogen-bond donors (Lipinski definition) is 1. The van der Waals surface area contributed by atoms with Gasteiger partial charge in [0.15, 0.2) is 5.13 Å². The minimum atomic E-state index is 0.773. The van der Waals surface area contributed by atoms with E-state index in [2.05, 4.69) is 49.8 Å². The second-order valence-corrected chi connectivity index (χ2v) is 7.81. The van der Waals surface area contributed by atoms with E-state index in [0.29, 0.717) is 0 Å². The molecule has 0 saturated carbocycles. The third kappa shape index (κ3) is 8.42. The first-order valence-corrected chi connectivity index (χ1v) is 9.23. The van der Waals surface area contributed by atoms with Crippen LogP contribution in [0.1, 0.15) is 58.8 Å². The Balaban J connectivity index is 2.50. The minimum absolute atomic E-state index is 0.773. The van der Waals surface area contributed by atoms with Crippen LogP contribution in [0.5, 0.6) is 0 Å². The van der Waals surface area contributed by atoms with E-state index in [1.54, 1.807) is 11.3 Å². The molecule has 1 rings (SSSR count). The summed E-state index contributed by atoms with van der Waals surface area (Å²) in [5.74, 6) is 1.55. The first-order valence-electron chi connectivity index (χ1n) is 8.42. The fraction of sp³-hybridized carbons (Fsp3) is 0.824. The lowest BCUT2D eigenvalue weighted by atomic mass is 10.1. The first kappa shape index (κ1) is 18.4. The van der Waals surface area contributed by atoms with Crippen molar-refractivity contribution in [3.63, 3.8) is 0 Å². The summed E-state index contributed by atoms with van der Waals surface area (Å²) in [6.45, 7) is 15.9. The highest BCUT2D eigenvalue weighted by Crippen LogP contribution is 2.20. The molecule has 0 saturated heterocycles. The van der Waals surface area contributed by atoms with E-state index >= 15 is 0 Å². The van der Waals surface area contributed by atoms with Crippen LogP contribution in [0.2, 0.25) is 0 Å². The molecule has 0 unspecified atom stereocenters. The Morgan fingerprint density at radius 3 is 2.29 bits per heavy atom. The predicted octanol–water partition coefficient (Wildman–Crippen LogP) is 4.86. The zero-order valence-electron chi connectivity index (χ0n) is 14.5. The number of aromatic nitrogens is 1. The summed E-state index contributed by atoms with van der Waals surface area (Å²) in [6.07, 6.45) is 5.74. The SMILES string of the molecule is CCCNc1ncc(CN(CCC(C)C)CCC(C)C)s1. The molecule has 1 aromatic heterocycles. The Kier molecular flexibility index (Phi) is 8.93. The molecule has 1 heterocycles. The molecule has 0 atom stereocenters. The van der Waals surface area contributed by atoms with Gasteiger partial charge in [0.2, 0.25) is 0 Å². The van der Waals surface area contributed by atoms with E-state index < -0.39 is 0 Å². The predicted molar refractivity (Wildman–Crippen MR) is 95.1 cm³/mol. The average molecular weight is 312 g/mol. The van der Waals surface area contributed by atoms with Crippen LogP contribution in [0.3, 0.4) is 0 Å². The van der Waals surface area contributed by atoms with Gasteiger partial charge < -0.3 is 5.32 Å². The van der Waals surface area contributed by atoms with Crippen molar-refractivity contribution in [1.82, 2.24) is 9.88 Å². The molecule has 122 valence electrons. The zero-order chi connectivity index (χ0) is 15.7. The quantitative estimate of drug-likeness (QED) is 0.632. The molecule has 1 aromatic rings. The molecule has 21 heavy (non-hydrogen) atoms. The average Bonchev–Trinajstić information content (AvgIpc) is 2.86. The maximum Gasteiger partial charge on any atom is 0.182 e. The molecule has 0 fully saturated rings. The van der Waals surface area contributed by atoms with Gasteiger partial charge in [0, 0.05) is 24.2 Å². The second-order valence-electron chi connectivity index (χ2n) is 6.70. The molecule has 0 spiro atoms. The van der Waals surface area contributed by atoms with Crippen LogP contribution in [0, 0.1) is 11.8 Å². The van der Waals surface area contributed by atoms with Crippen molar-refractivity contribution in [2.45, 2.75) is 60.4 Å². The van der Waals surface area contributed by atoms with E-state index in [4.69, 9.17) is 0 Å². The van der Waals surface area contributed by atoms with Crippen LogP contribution in [0.4, 0.5) is 5.13 Å². The molecule has 4 heteroatoms. The Hall–Kier alpha value is -0.610. The lowest BCUT2D eigenvalue weighted by molar-refractivity contribution is 0.237. The van der Waals surface area contributed by atoms with E-state index in [0.717, 1.165) is 36.5 Å². The summed E-state index contributed by atoms with van der Waals surface area (Å²) in [5, 5.41) is 4.45. The summed E-state index contributed by atoms with van der Waals surface area (Å²) < 4.78 is 0. The maximum absolute atomic E-state index is 4.48. The Morgan fingerprint density at radius 2 is 1.76 bits per heavy atom. The third-order valence-electron chi connectivity index (χ3n) is 3.50. The van der Waals surface area contributed by atoms with Crippen molar-refractivity contribution >= 4 is 16.5 Å². The van der Waals surface area contributed by atoms with Crippen molar-refractivity contribution in [1.29, 1.82) is 0 Å². The third-order valence-corrected chi connectivity index (χ3v) is 4.44. The Morgan fingerprint density at radius 1 is 1.14 bits per heavy atom. The first-order chi connectivity index (χ1) is 10.0. The van der Waals surface area contributed by atoms with Crippen LogP contribution in [-0.4, -0.2) is 29.5 Å². The number of hydrogen-bond acceptors (Lipinski definition) is 4. The van der Waals surface area contributed by atoms with Gasteiger partial charge in [-0.25, -0.2) is 4.98 Å². The fourth-order valence-electron chi connectivity index (χ4n) is 2.07. The molecular weight excluding hydrogens is 278 g/mol. The summed E-state index contributed by atoms with van der Waals surface area (Å²) in [6, 6.07) is 0. The number of nitrogens with one attached hydrogen (secondary N) is 1. The van der Waals surface area contributed by atoms with Gasteiger partial charge in [0.1, 0.15) is 0 Å². The van der Waals surface area contributed by atoms with Crippen LogP contribution < -0.4 is 5.32 Å². The molecule has 0 bridgehead atoms. The van der Waals surface area contributed by atoms with Crippen LogP contribution in [0.25, 0.3) is 0 Å². The van der Waals surface area contributed by atoms with Crippen LogP contribution in [-0.2, 0) is 6.54 Å². The monoisotopic (exact) mass is 311 g/mol. The second kappa shape index (κ2) is 10.2. The van der Waals surface area contributed by atoms with Gasteiger partial charge in [-0.15, -0.1) is 11.3 Å². The lowest BCUT2D eigenvalue weighted by Gasteiger charge is -2.23. The van der Waals surface area contributed by atoms with Crippen molar-refractivity contribution in [2.75, 3.05) is 25.0 Å². The van der Waals surface area contributed by atoms with E-state index in [9.17, 15) is 0 Å². The summed E-state index contributed by atoms with van der Waals surface area (Å²) >= 11 is 1.81. The summed E-state index contributed by atoms with van der Waals surface area (Å²) in [4.78, 5) is 8.45. The molecule has 0 aliphatic carbocycles. The van der Waals surface area contributed by atoms with Crippen molar-refractivity contribution in [3.8, 4) is 0 Å². The normalized spacial score (nSPS) is 11.8. The zero-order valence-corrected chi connectivity index (χ0v) is 15.3. The van der Waals surface area contributed by atoms with Crippen molar-refractivity contribution < 1.29 is 0 Å². The number of nitrogens with zero attached hydrogens (tertiary/aromatic N) is 2. The van der Waals surface area contributed by atoms with E-state index in [1.165, 1.54) is 30.8 Å². The minimum Gasteiger partial charge on any atom is -0.362 e. The molecule has 0 radical (unpaired) electrons. The molecule has 0 aliphatic heterocycles. The van der Waals surface area contributed by atoms with E-state index in [-0.39, 0.29) is 0 Å². The molecule has 1 N–H and O–H groups in total. The molecular formula is C17H33N3S. The smallest absolute Gasteiger partial charge is 0.182 e. The Labute approximate surface area is 135 Å². The largest absolute Gasteiger partial charge is 0.362 e. The fourth-order valence-corrected chi connectivity index (χ4v) is 2.95. The van der Waals surface area contributed by atoms with Gasteiger partial charge in [0.25, 0.3) is 0 Å². The van der Waals surface area contributed by atoms with Gasteiger partial charge in [0.05, 0.1) is 0 Å². The highest BCUT2D eigenvalue weighted by Gasteiger charge is 2.10. The standard InChI is InChI=1S/C17H33N3S/c1-6-9-18-17-19-12-16(21-17)13-20(10-7-14(2)3)11-8-15(4)5/h12,14-15H,6-11,13H2,1-5H3,(H,18,19). The van der Waals surface area contributed by atoms with Crippen LogP contribution >= 0.6 is 11.3 Å². The van der Waals surface area contributed by atoms with Crippen LogP contribution in [0.15, 0.2) is 6.20 Å². The van der Waals surface area contributed by atoms with Gasteiger partial charge >= 0.3 is 0 Å². The van der Waals surface area contributed by atoms with Crippen molar-refractivity contribution in [3.05, 3.63) is 11.1 Å². The maximum atomic E-state index is 4.48. The molecule has 0 aromatic carbocycles. The lowest BCUT2D eigenvalue weighted by Crippen LogP contribution is -2.27. The van der Waals surface area contributed by atoms with Gasteiger partial charge in [-0.2, -0.15) is 0 Å². The van der Waals surface area contributed by atoms with Gasteiger partial charge in [-0.05, 0) is 44.2 Å². The number of anilines is 1.